The van der Waals surface area contributed by atoms with Crippen LogP contribution in [0.15, 0.2) is 0 Å². The zero-order valence-electron chi connectivity index (χ0n) is 8.82. The van der Waals surface area contributed by atoms with Gasteiger partial charge in [0.2, 0.25) is 0 Å². The minimum Gasteiger partial charge on any atom is -0.481 e. The smallest absolute Gasteiger partial charge is 0.316 e. The van der Waals surface area contributed by atoms with Gasteiger partial charge in [0.05, 0.1) is 12.2 Å². The second-order valence-corrected chi connectivity index (χ2v) is 4.53. The Balaban J connectivity index is 2.44. The molecule has 1 N–H and O–H groups in total. The first-order valence-corrected chi connectivity index (χ1v) is 4.99. The number of carbonyl (C=O) groups is 1. The van der Waals surface area contributed by atoms with Crippen LogP contribution in [-0.2, 0) is 14.3 Å². The molecule has 2 heterocycles. The largest absolute Gasteiger partial charge is 0.481 e. The van der Waals surface area contributed by atoms with E-state index in [1.165, 1.54) is 0 Å². The lowest BCUT2D eigenvalue weighted by Crippen LogP contribution is -2.57. The van der Waals surface area contributed by atoms with Gasteiger partial charge in [-0.2, -0.15) is 0 Å². The van der Waals surface area contributed by atoms with Crippen molar-refractivity contribution in [3.63, 3.8) is 0 Å². The van der Waals surface area contributed by atoms with Crippen molar-refractivity contribution in [3.8, 4) is 12.5 Å². The van der Waals surface area contributed by atoms with Crippen LogP contribution in [0.25, 0.3) is 0 Å². The van der Waals surface area contributed by atoms with Gasteiger partial charge in [-0.05, 0) is 26.7 Å². The average Bonchev–Trinajstić information content (AvgIpc) is 2.70. The molecule has 0 amide bonds. The van der Waals surface area contributed by atoms with Crippen LogP contribution < -0.4 is 0 Å². The summed E-state index contributed by atoms with van der Waals surface area (Å²) in [4.78, 5) is 11.4. The highest BCUT2D eigenvalue weighted by Crippen LogP contribution is 2.55. The highest BCUT2D eigenvalue weighted by molar-refractivity contribution is 5.78. The molecule has 2 aliphatic heterocycles. The van der Waals surface area contributed by atoms with Crippen LogP contribution >= 0.6 is 0 Å². The van der Waals surface area contributed by atoms with Crippen LogP contribution in [0.2, 0.25) is 0 Å². The van der Waals surface area contributed by atoms with Crippen LogP contribution in [0.5, 0.6) is 0 Å². The fraction of sp³-hybridized carbons (Fsp3) is 0.727. The van der Waals surface area contributed by atoms with Crippen molar-refractivity contribution in [2.75, 3.05) is 0 Å². The number of hydrogen-bond acceptors (Lipinski definition) is 3. The number of ether oxygens (including phenoxy) is 2. The van der Waals surface area contributed by atoms with E-state index < -0.39 is 17.0 Å². The van der Waals surface area contributed by atoms with E-state index in [2.05, 4.69) is 6.11 Å². The van der Waals surface area contributed by atoms with E-state index in [-0.39, 0.29) is 12.2 Å². The van der Waals surface area contributed by atoms with E-state index in [1.807, 2.05) is 0 Å². The molecule has 2 rings (SSSR count). The first-order valence-electron chi connectivity index (χ1n) is 4.99. The van der Waals surface area contributed by atoms with E-state index in [1.54, 1.807) is 13.8 Å². The molecule has 0 aromatic heterocycles. The molecule has 2 saturated heterocycles. The van der Waals surface area contributed by atoms with Gasteiger partial charge in [-0.15, -0.1) is 0 Å². The summed E-state index contributed by atoms with van der Waals surface area (Å²) >= 11 is 0. The SMILES string of the molecule is C#COC1(C)[C@@H]2CC[C@@H](O2)C1(C)C(=O)O. The molecule has 2 unspecified atom stereocenters. The zero-order valence-corrected chi connectivity index (χ0v) is 8.82. The summed E-state index contributed by atoms with van der Waals surface area (Å²) in [6, 6.07) is 0. The standard InChI is InChI=1S/C11H14O4/c1-4-14-11(3)8-6-5-7(15-8)10(11,2)9(12)13/h1,7-8H,5-6H2,2-3H3,(H,12,13)/t7-,8+,10?,11?/m1/s1. The van der Waals surface area contributed by atoms with Crippen LogP contribution in [0, 0.1) is 17.9 Å². The third-order valence-electron chi connectivity index (χ3n) is 4.02. The van der Waals surface area contributed by atoms with Crippen LogP contribution in [0.4, 0.5) is 0 Å². The van der Waals surface area contributed by atoms with Gasteiger partial charge in [-0.3, -0.25) is 4.79 Å². The molecule has 82 valence electrons. The number of fused-ring (bicyclic) bond motifs is 2. The highest BCUT2D eigenvalue weighted by atomic mass is 16.6. The van der Waals surface area contributed by atoms with Gasteiger partial charge in [0.1, 0.15) is 11.5 Å². The minimum atomic E-state index is -1.05. The van der Waals surface area contributed by atoms with E-state index in [0.29, 0.717) is 0 Å². The first-order chi connectivity index (χ1) is 6.96. The molecular weight excluding hydrogens is 196 g/mol. The average molecular weight is 210 g/mol. The van der Waals surface area contributed by atoms with Crippen molar-refractivity contribution < 1.29 is 19.4 Å². The van der Waals surface area contributed by atoms with E-state index in [0.717, 1.165) is 12.8 Å². The molecule has 4 heteroatoms. The molecule has 0 aliphatic carbocycles. The second-order valence-electron chi connectivity index (χ2n) is 4.53. The van der Waals surface area contributed by atoms with Crippen molar-refractivity contribution in [3.05, 3.63) is 0 Å². The molecule has 0 aromatic rings. The molecule has 2 fully saturated rings. The van der Waals surface area contributed by atoms with Crippen molar-refractivity contribution in [2.45, 2.75) is 44.5 Å². The summed E-state index contributed by atoms with van der Waals surface area (Å²) in [5, 5.41) is 9.33. The van der Waals surface area contributed by atoms with Gasteiger partial charge < -0.3 is 14.6 Å². The Kier molecular flexibility index (Phi) is 1.99. The van der Waals surface area contributed by atoms with Crippen molar-refractivity contribution in [1.29, 1.82) is 0 Å². The number of carboxylic acids is 1. The predicted molar refractivity (Wildman–Crippen MR) is 52.0 cm³/mol. The van der Waals surface area contributed by atoms with Crippen LogP contribution in [0.3, 0.4) is 0 Å². The molecule has 0 aromatic carbocycles. The third kappa shape index (κ3) is 0.990. The Bertz CT molecular complexity index is 345. The second kappa shape index (κ2) is 2.89. The quantitative estimate of drug-likeness (QED) is 0.691. The molecule has 2 aliphatic rings. The Labute approximate surface area is 88.6 Å². The molecule has 2 bridgehead atoms. The third-order valence-corrected chi connectivity index (χ3v) is 4.02. The number of aliphatic carboxylic acids is 1. The zero-order chi connectivity index (χ0) is 11.3. The first kappa shape index (κ1) is 10.3. The Hall–Kier alpha value is -1.21. The lowest BCUT2D eigenvalue weighted by molar-refractivity contribution is -0.165. The normalized spacial score (nSPS) is 47.5. The minimum absolute atomic E-state index is 0.209. The monoisotopic (exact) mass is 210 g/mol. The highest BCUT2D eigenvalue weighted by Gasteiger charge is 2.70. The van der Waals surface area contributed by atoms with Gasteiger partial charge in [0, 0.05) is 0 Å². The van der Waals surface area contributed by atoms with Crippen LogP contribution in [0.1, 0.15) is 26.7 Å². The molecular formula is C11H14O4. The maximum atomic E-state index is 11.4. The Morgan fingerprint density at radius 3 is 2.67 bits per heavy atom. The molecule has 0 spiro atoms. The van der Waals surface area contributed by atoms with E-state index in [9.17, 15) is 9.90 Å². The van der Waals surface area contributed by atoms with Gasteiger partial charge in [-0.1, -0.05) is 6.42 Å². The number of rotatable bonds is 2. The maximum absolute atomic E-state index is 11.4. The fourth-order valence-electron chi connectivity index (χ4n) is 2.77. The summed E-state index contributed by atoms with van der Waals surface area (Å²) in [5.74, 6) is -0.910. The van der Waals surface area contributed by atoms with Gasteiger partial charge >= 0.3 is 5.97 Å². The molecule has 4 nitrogen and oxygen atoms in total. The summed E-state index contributed by atoms with van der Waals surface area (Å²) < 4.78 is 10.8. The summed E-state index contributed by atoms with van der Waals surface area (Å²) in [7, 11) is 0. The van der Waals surface area contributed by atoms with E-state index in [4.69, 9.17) is 15.9 Å². The van der Waals surface area contributed by atoms with Crippen LogP contribution in [-0.4, -0.2) is 28.9 Å². The predicted octanol–water partition coefficient (Wildman–Crippen LogP) is 1.00. The van der Waals surface area contributed by atoms with Crippen molar-refractivity contribution in [2.24, 2.45) is 5.41 Å². The summed E-state index contributed by atoms with van der Waals surface area (Å²) in [5.41, 5.74) is -1.97. The molecule has 0 radical (unpaired) electrons. The number of carboxylic acid groups (broad SMARTS) is 1. The van der Waals surface area contributed by atoms with Gasteiger partial charge in [0.25, 0.3) is 0 Å². The molecule has 4 atom stereocenters. The van der Waals surface area contributed by atoms with Crippen molar-refractivity contribution in [1.82, 2.24) is 0 Å². The van der Waals surface area contributed by atoms with E-state index >= 15 is 0 Å². The van der Waals surface area contributed by atoms with Gasteiger partial charge in [0.15, 0.2) is 5.60 Å². The number of hydrogen-bond donors (Lipinski definition) is 1. The van der Waals surface area contributed by atoms with Gasteiger partial charge in [-0.25, -0.2) is 0 Å². The Morgan fingerprint density at radius 2 is 2.13 bits per heavy atom. The lowest BCUT2D eigenvalue weighted by Gasteiger charge is -2.41. The number of terminal acetylenes is 1. The Morgan fingerprint density at radius 1 is 1.53 bits per heavy atom. The summed E-state index contributed by atoms with van der Waals surface area (Å²) in [6.45, 7) is 3.38. The fourth-order valence-corrected chi connectivity index (χ4v) is 2.77. The van der Waals surface area contributed by atoms with Crippen molar-refractivity contribution >= 4 is 5.97 Å². The lowest BCUT2D eigenvalue weighted by atomic mass is 9.65. The maximum Gasteiger partial charge on any atom is 0.316 e. The summed E-state index contributed by atoms with van der Waals surface area (Å²) in [6.07, 6.45) is 8.30. The molecule has 15 heavy (non-hydrogen) atoms. The molecule has 0 saturated carbocycles. The topological polar surface area (TPSA) is 55.8 Å².